The topological polar surface area (TPSA) is 55.1 Å². The van der Waals surface area contributed by atoms with Gasteiger partial charge in [0, 0.05) is 27.8 Å². The fourth-order valence-corrected chi connectivity index (χ4v) is 3.71. The number of halogens is 1. The number of benzene rings is 2. The van der Waals surface area contributed by atoms with Gasteiger partial charge < -0.3 is 9.73 Å². The Morgan fingerprint density at radius 3 is 2.63 bits per heavy atom. The van der Waals surface area contributed by atoms with Crippen LogP contribution < -0.4 is 5.32 Å². The number of aromatic nitrogens is 1. The number of rotatable bonds is 5. The fraction of sp³-hybridized carbons (Fsp3) is 0.0476. The summed E-state index contributed by atoms with van der Waals surface area (Å²) in [4.78, 5) is 17.4. The van der Waals surface area contributed by atoms with Gasteiger partial charge in [-0.2, -0.15) is 0 Å². The molecule has 4 nitrogen and oxygen atoms in total. The minimum atomic E-state index is -0.381. The second-order valence-corrected chi connectivity index (χ2v) is 6.81. The predicted octanol–water partition coefficient (Wildman–Crippen LogP) is 5.51. The maximum atomic E-state index is 13.9. The number of carbonyl (C=O) groups is 1. The number of pyridine rings is 1. The second kappa shape index (κ2) is 7.63. The third kappa shape index (κ3) is 3.71. The first-order valence-corrected chi connectivity index (χ1v) is 9.31. The van der Waals surface area contributed by atoms with Crippen LogP contribution in [0.25, 0.3) is 11.0 Å². The van der Waals surface area contributed by atoms with Gasteiger partial charge in [-0.1, -0.05) is 36.4 Å². The summed E-state index contributed by atoms with van der Waals surface area (Å²) in [5, 5.41) is 3.58. The first-order chi connectivity index (χ1) is 13.2. The SMILES string of the molecule is O=C(Nc1ccccn1)c1oc2ccccc2c1CSc1ccccc1F. The lowest BCUT2D eigenvalue weighted by Crippen LogP contribution is -2.13. The number of thioether (sulfide) groups is 1. The van der Waals surface area contributed by atoms with Gasteiger partial charge in [-0.05, 0) is 30.3 Å². The molecule has 2 aromatic carbocycles. The summed E-state index contributed by atoms with van der Waals surface area (Å²) in [5.41, 5.74) is 1.35. The number of para-hydroxylation sites is 1. The lowest BCUT2D eigenvalue weighted by atomic mass is 10.1. The molecule has 0 saturated heterocycles. The van der Waals surface area contributed by atoms with Crippen LogP contribution in [0.2, 0.25) is 0 Å². The van der Waals surface area contributed by atoms with Crippen molar-refractivity contribution >= 4 is 34.5 Å². The highest BCUT2D eigenvalue weighted by Gasteiger charge is 2.21. The predicted molar refractivity (Wildman–Crippen MR) is 104 cm³/mol. The molecule has 0 spiro atoms. The first-order valence-electron chi connectivity index (χ1n) is 8.32. The van der Waals surface area contributed by atoms with E-state index in [-0.39, 0.29) is 17.5 Å². The largest absolute Gasteiger partial charge is 0.451 e. The zero-order valence-corrected chi connectivity index (χ0v) is 15.0. The highest BCUT2D eigenvalue weighted by molar-refractivity contribution is 7.98. The molecule has 1 amide bonds. The van der Waals surface area contributed by atoms with Crippen LogP contribution in [0.4, 0.5) is 10.2 Å². The van der Waals surface area contributed by atoms with Gasteiger partial charge in [0.1, 0.15) is 17.2 Å². The quantitative estimate of drug-likeness (QED) is 0.465. The van der Waals surface area contributed by atoms with Crippen molar-refractivity contribution in [1.29, 1.82) is 0 Å². The third-order valence-corrected chi connectivity index (χ3v) is 5.09. The van der Waals surface area contributed by atoms with Crippen molar-refractivity contribution in [3.8, 4) is 0 Å². The highest BCUT2D eigenvalue weighted by atomic mass is 32.2. The van der Waals surface area contributed by atoms with Crippen LogP contribution in [0.5, 0.6) is 0 Å². The molecule has 2 heterocycles. The average molecular weight is 378 g/mol. The molecule has 0 atom stereocenters. The molecular formula is C21H15FN2O2S. The molecule has 27 heavy (non-hydrogen) atoms. The molecule has 0 aliphatic carbocycles. The summed E-state index contributed by atoms with van der Waals surface area (Å²) >= 11 is 1.33. The van der Waals surface area contributed by atoms with Crippen LogP contribution in [0.15, 0.2) is 82.2 Å². The van der Waals surface area contributed by atoms with Crippen molar-refractivity contribution < 1.29 is 13.6 Å². The number of hydrogen-bond donors (Lipinski definition) is 1. The fourth-order valence-electron chi connectivity index (χ4n) is 2.75. The number of fused-ring (bicyclic) bond motifs is 1. The number of nitrogens with zero attached hydrogens (tertiary/aromatic N) is 1. The van der Waals surface area contributed by atoms with Crippen LogP contribution in [0.1, 0.15) is 16.1 Å². The van der Waals surface area contributed by atoms with Crippen LogP contribution >= 0.6 is 11.8 Å². The van der Waals surface area contributed by atoms with E-state index in [0.717, 1.165) is 10.9 Å². The van der Waals surface area contributed by atoms with E-state index >= 15 is 0 Å². The Labute approximate surface area is 159 Å². The zero-order valence-electron chi connectivity index (χ0n) is 14.2. The van der Waals surface area contributed by atoms with E-state index in [9.17, 15) is 9.18 Å². The van der Waals surface area contributed by atoms with E-state index < -0.39 is 0 Å². The van der Waals surface area contributed by atoms with Crippen molar-refractivity contribution in [2.75, 3.05) is 5.32 Å². The minimum Gasteiger partial charge on any atom is -0.451 e. The lowest BCUT2D eigenvalue weighted by molar-refractivity contribution is 0.0997. The van der Waals surface area contributed by atoms with Crippen LogP contribution in [-0.2, 0) is 5.75 Å². The van der Waals surface area contributed by atoms with Crippen molar-refractivity contribution in [3.63, 3.8) is 0 Å². The number of anilines is 1. The van der Waals surface area contributed by atoms with Crippen molar-refractivity contribution in [2.45, 2.75) is 10.6 Å². The summed E-state index contributed by atoms with van der Waals surface area (Å²) in [6.07, 6.45) is 1.60. The zero-order chi connectivity index (χ0) is 18.6. The van der Waals surface area contributed by atoms with E-state index in [1.165, 1.54) is 17.8 Å². The van der Waals surface area contributed by atoms with E-state index in [1.807, 2.05) is 24.3 Å². The third-order valence-electron chi connectivity index (χ3n) is 4.02. The molecule has 6 heteroatoms. The lowest BCUT2D eigenvalue weighted by Gasteiger charge is -2.06. The second-order valence-electron chi connectivity index (χ2n) is 5.79. The Morgan fingerprint density at radius 2 is 1.81 bits per heavy atom. The molecule has 0 aliphatic rings. The Balaban J connectivity index is 1.67. The summed E-state index contributed by atoms with van der Waals surface area (Å²) < 4.78 is 19.8. The van der Waals surface area contributed by atoms with Crippen LogP contribution in [-0.4, -0.2) is 10.9 Å². The number of hydrogen-bond acceptors (Lipinski definition) is 4. The molecule has 4 rings (SSSR count). The Kier molecular flexibility index (Phi) is 4.89. The van der Waals surface area contributed by atoms with Gasteiger partial charge in [-0.15, -0.1) is 11.8 Å². The Hall–Kier alpha value is -3.12. The molecule has 0 radical (unpaired) electrons. The molecule has 0 saturated carbocycles. The smallest absolute Gasteiger partial charge is 0.292 e. The van der Waals surface area contributed by atoms with Gasteiger partial charge in [0.25, 0.3) is 5.91 Å². The van der Waals surface area contributed by atoms with Gasteiger partial charge in [0.15, 0.2) is 5.76 Å². The average Bonchev–Trinajstić information content (AvgIpc) is 3.07. The first kappa shape index (κ1) is 17.3. The van der Waals surface area contributed by atoms with Crippen molar-refractivity contribution in [1.82, 2.24) is 4.98 Å². The van der Waals surface area contributed by atoms with Gasteiger partial charge in [0.05, 0.1) is 0 Å². The molecule has 0 bridgehead atoms. The molecule has 0 aliphatic heterocycles. The Bertz CT molecular complexity index is 1100. The van der Waals surface area contributed by atoms with E-state index in [2.05, 4.69) is 10.3 Å². The van der Waals surface area contributed by atoms with Crippen molar-refractivity contribution in [3.05, 3.63) is 90.1 Å². The van der Waals surface area contributed by atoms with Gasteiger partial charge >= 0.3 is 0 Å². The van der Waals surface area contributed by atoms with Gasteiger partial charge in [-0.25, -0.2) is 9.37 Å². The summed E-state index contributed by atoms with van der Waals surface area (Å²) in [6, 6.07) is 19.3. The number of carbonyl (C=O) groups excluding carboxylic acids is 1. The molecule has 0 fully saturated rings. The molecule has 0 unspecified atom stereocenters. The monoisotopic (exact) mass is 378 g/mol. The number of amides is 1. The number of nitrogens with one attached hydrogen (secondary N) is 1. The molecule has 1 N–H and O–H groups in total. The van der Waals surface area contributed by atoms with Gasteiger partial charge in [-0.3, -0.25) is 4.79 Å². The summed E-state index contributed by atoms with van der Waals surface area (Å²) in [6.45, 7) is 0. The standard InChI is InChI=1S/C21H15FN2O2S/c22-16-8-2-4-10-18(16)27-13-15-14-7-1-3-9-17(14)26-20(15)21(25)24-19-11-5-6-12-23-19/h1-12H,13H2,(H,23,24,25). The maximum Gasteiger partial charge on any atom is 0.292 e. The molecule has 4 aromatic rings. The van der Waals surface area contributed by atoms with E-state index in [1.54, 1.807) is 42.6 Å². The van der Waals surface area contributed by atoms with Gasteiger partial charge in [0.2, 0.25) is 0 Å². The van der Waals surface area contributed by atoms with Crippen molar-refractivity contribution in [2.24, 2.45) is 0 Å². The van der Waals surface area contributed by atoms with E-state index in [0.29, 0.717) is 22.0 Å². The number of furan rings is 1. The maximum absolute atomic E-state index is 13.9. The summed E-state index contributed by atoms with van der Waals surface area (Å²) in [5.74, 6) is 0.397. The molecule has 2 aromatic heterocycles. The minimum absolute atomic E-state index is 0.214. The Morgan fingerprint density at radius 1 is 1.04 bits per heavy atom. The normalized spacial score (nSPS) is 10.9. The molecular weight excluding hydrogens is 363 g/mol. The van der Waals surface area contributed by atoms with Crippen LogP contribution in [0.3, 0.4) is 0 Å². The molecule has 134 valence electrons. The van der Waals surface area contributed by atoms with Crippen LogP contribution in [0, 0.1) is 5.82 Å². The van der Waals surface area contributed by atoms with E-state index in [4.69, 9.17) is 4.42 Å². The summed E-state index contributed by atoms with van der Waals surface area (Å²) in [7, 11) is 0. The highest BCUT2D eigenvalue weighted by Crippen LogP contribution is 2.33.